The van der Waals surface area contributed by atoms with Gasteiger partial charge in [-0.3, -0.25) is 4.79 Å². The highest BCUT2D eigenvalue weighted by molar-refractivity contribution is 7.20. The van der Waals surface area contributed by atoms with Crippen molar-refractivity contribution in [3.05, 3.63) is 70.5 Å². The van der Waals surface area contributed by atoms with Crippen molar-refractivity contribution in [2.24, 2.45) is 0 Å². The summed E-state index contributed by atoms with van der Waals surface area (Å²) in [5.74, 6) is 2.53. The van der Waals surface area contributed by atoms with Gasteiger partial charge in [-0.05, 0) is 50.6 Å². The molecule has 1 aromatic carbocycles. The molecule has 1 N–H and O–H groups in total. The van der Waals surface area contributed by atoms with Gasteiger partial charge < -0.3 is 15.1 Å². The second-order valence-corrected chi connectivity index (χ2v) is 9.31. The van der Waals surface area contributed by atoms with Crippen LogP contribution < -0.4 is 15.1 Å². The van der Waals surface area contributed by atoms with Crippen molar-refractivity contribution >= 4 is 44.8 Å². The first-order chi connectivity index (χ1) is 16.0. The van der Waals surface area contributed by atoms with E-state index in [-0.39, 0.29) is 5.91 Å². The standard InChI is InChI=1S/C25H26N6OS/c1-16-7-9-19(10-8-16)29-24(32)22-17(2)21-23(27-18(3)28-25(21)33-22)31-14-12-30(13-15-31)20-6-4-5-11-26-20/h4-11H,12-15H2,1-3H3,(H,29,32). The van der Waals surface area contributed by atoms with Crippen LogP contribution >= 0.6 is 11.3 Å². The van der Waals surface area contributed by atoms with Crippen molar-refractivity contribution in [1.29, 1.82) is 0 Å². The molecule has 4 aromatic rings. The Morgan fingerprint density at radius 3 is 2.36 bits per heavy atom. The van der Waals surface area contributed by atoms with Crippen LogP contribution in [0.25, 0.3) is 10.2 Å². The lowest BCUT2D eigenvalue weighted by atomic mass is 10.1. The molecular weight excluding hydrogens is 432 g/mol. The Morgan fingerprint density at radius 1 is 0.939 bits per heavy atom. The normalized spacial score (nSPS) is 14.0. The Kier molecular flexibility index (Phi) is 5.68. The summed E-state index contributed by atoms with van der Waals surface area (Å²) < 4.78 is 0. The number of benzene rings is 1. The first kappa shape index (κ1) is 21.3. The Labute approximate surface area is 197 Å². The van der Waals surface area contributed by atoms with Crippen molar-refractivity contribution < 1.29 is 4.79 Å². The molecule has 0 bridgehead atoms. The van der Waals surface area contributed by atoms with Crippen LogP contribution in [0, 0.1) is 20.8 Å². The van der Waals surface area contributed by atoms with E-state index in [1.807, 2.05) is 69.4 Å². The van der Waals surface area contributed by atoms with Gasteiger partial charge in [-0.15, -0.1) is 11.3 Å². The summed E-state index contributed by atoms with van der Waals surface area (Å²) >= 11 is 1.43. The SMILES string of the molecule is Cc1ccc(NC(=O)c2sc3nc(C)nc(N4CCN(c5ccccn5)CC4)c3c2C)cc1. The number of fused-ring (bicyclic) bond motifs is 1. The number of hydrogen-bond donors (Lipinski definition) is 1. The van der Waals surface area contributed by atoms with E-state index >= 15 is 0 Å². The number of nitrogens with one attached hydrogen (secondary N) is 1. The van der Waals surface area contributed by atoms with Gasteiger partial charge in [-0.1, -0.05) is 23.8 Å². The maximum atomic E-state index is 13.1. The average Bonchev–Trinajstić information content (AvgIpc) is 3.17. The Balaban J connectivity index is 1.42. The maximum absolute atomic E-state index is 13.1. The predicted octanol–water partition coefficient (Wildman–Crippen LogP) is 4.59. The molecular formula is C25H26N6OS. The highest BCUT2D eigenvalue weighted by atomic mass is 32.1. The highest BCUT2D eigenvalue weighted by Gasteiger charge is 2.25. The van der Waals surface area contributed by atoms with E-state index in [2.05, 4.69) is 25.1 Å². The van der Waals surface area contributed by atoms with Gasteiger partial charge in [-0.25, -0.2) is 15.0 Å². The van der Waals surface area contributed by atoms with Crippen molar-refractivity contribution in [3.63, 3.8) is 0 Å². The molecule has 0 aliphatic carbocycles. The number of carbonyl (C=O) groups excluding carboxylic acids is 1. The fourth-order valence-corrected chi connectivity index (χ4v) is 5.30. The van der Waals surface area contributed by atoms with Gasteiger partial charge in [0.05, 0.1) is 10.3 Å². The molecule has 8 heteroatoms. The molecule has 1 saturated heterocycles. The number of pyridine rings is 1. The third kappa shape index (κ3) is 4.26. The molecule has 1 amide bonds. The van der Waals surface area contributed by atoms with Crippen LogP contribution in [-0.2, 0) is 0 Å². The van der Waals surface area contributed by atoms with Gasteiger partial charge in [0.2, 0.25) is 0 Å². The summed E-state index contributed by atoms with van der Waals surface area (Å²) in [6.45, 7) is 9.34. The molecule has 7 nitrogen and oxygen atoms in total. The van der Waals surface area contributed by atoms with Crippen LogP contribution in [0.1, 0.15) is 26.6 Å². The maximum Gasteiger partial charge on any atom is 0.266 e. The molecule has 0 spiro atoms. The minimum absolute atomic E-state index is 0.108. The smallest absolute Gasteiger partial charge is 0.266 e. The quantitative estimate of drug-likeness (QED) is 0.482. The van der Waals surface area contributed by atoms with Gasteiger partial charge in [0, 0.05) is 38.1 Å². The van der Waals surface area contributed by atoms with Gasteiger partial charge in [0.15, 0.2) is 0 Å². The Morgan fingerprint density at radius 2 is 1.67 bits per heavy atom. The summed E-state index contributed by atoms with van der Waals surface area (Å²) in [4.78, 5) is 33.2. The minimum Gasteiger partial charge on any atom is -0.353 e. The fourth-order valence-electron chi connectivity index (χ4n) is 4.18. The molecule has 3 aromatic heterocycles. The summed E-state index contributed by atoms with van der Waals surface area (Å²) in [6, 6.07) is 13.8. The molecule has 0 saturated carbocycles. The molecule has 0 radical (unpaired) electrons. The van der Waals surface area contributed by atoms with E-state index in [1.54, 1.807) is 0 Å². The number of hydrogen-bond acceptors (Lipinski definition) is 7. The van der Waals surface area contributed by atoms with Gasteiger partial charge in [-0.2, -0.15) is 0 Å². The van der Waals surface area contributed by atoms with Crippen LogP contribution in [0.2, 0.25) is 0 Å². The lowest BCUT2D eigenvalue weighted by Gasteiger charge is -2.36. The Hall–Kier alpha value is -3.52. The zero-order chi connectivity index (χ0) is 22.9. The molecule has 1 aliphatic heterocycles. The minimum atomic E-state index is -0.108. The highest BCUT2D eigenvalue weighted by Crippen LogP contribution is 2.36. The van der Waals surface area contributed by atoms with Gasteiger partial charge >= 0.3 is 0 Å². The summed E-state index contributed by atoms with van der Waals surface area (Å²) in [7, 11) is 0. The summed E-state index contributed by atoms with van der Waals surface area (Å²) in [5.41, 5.74) is 2.88. The molecule has 4 heterocycles. The van der Waals surface area contributed by atoms with Crippen LogP contribution in [-0.4, -0.2) is 47.0 Å². The van der Waals surface area contributed by atoms with Crippen molar-refractivity contribution in [2.75, 3.05) is 41.3 Å². The van der Waals surface area contributed by atoms with Crippen LogP contribution in [0.5, 0.6) is 0 Å². The lowest BCUT2D eigenvalue weighted by Crippen LogP contribution is -2.47. The summed E-state index contributed by atoms with van der Waals surface area (Å²) in [5, 5.41) is 4.00. The Bertz CT molecular complexity index is 1290. The zero-order valence-corrected chi connectivity index (χ0v) is 19.8. The van der Waals surface area contributed by atoms with Crippen LogP contribution in [0.15, 0.2) is 48.7 Å². The fraction of sp³-hybridized carbons (Fsp3) is 0.280. The van der Waals surface area contributed by atoms with E-state index < -0.39 is 0 Å². The van der Waals surface area contributed by atoms with Crippen molar-refractivity contribution in [3.8, 4) is 0 Å². The van der Waals surface area contributed by atoms with E-state index in [0.717, 1.165) is 70.7 Å². The van der Waals surface area contributed by atoms with E-state index in [0.29, 0.717) is 4.88 Å². The molecule has 5 rings (SSSR count). The molecule has 0 atom stereocenters. The number of piperazine rings is 1. The van der Waals surface area contributed by atoms with E-state index in [1.165, 1.54) is 11.3 Å². The largest absolute Gasteiger partial charge is 0.353 e. The van der Waals surface area contributed by atoms with E-state index in [4.69, 9.17) is 4.98 Å². The molecule has 0 unspecified atom stereocenters. The lowest BCUT2D eigenvalue weighted by molar-refractivity contribution is 0.103. The second-order valence-electron chi connectivity index (χ2n) is 8.31. The second kappa shape index (κ2) is 8.78. The first-order valence-electron chi connectivity index (χ1n) is 11.1. The van der Waals surface area contributed by atoms with Crippen LogP contribution in [0.3, 0.4) is 0 Å². The number of thiophene rings is 1. The van der Waals surface area contributed by atoms with Gasteiger partial charge in [0.1, 0.15) is 22.3 Å². The first-order valence-corrected chi connectivity index (χ1v) is 11.9. The zero-order valence-electron chi connectivity index (χ0n) is 19.0. The van der Waals surface area contributed by atoms with Crippen LogP contribution in [0.4, 0.5) is 17.3 Å². The molecule has 1 fully saturated rings. The molecule has 33 heavy (non-hydrogen) atoms. The monoisotopic (exact) mass is 458 g/mol. The molecule has 168 valence electrons. The molecule has 1 aliphatic rings. The number of nitrogens with zero attached hydrogens (tertiary/aromatic N) is 5. The number of anilines is 3. The topological polar surface area (TPSA) is 74.2 Å². The number of carbonyl (C=O) groups is 1. The predicted molar refractivity (Wildman–Crippen MR) is 135 cm³/mol. The third-order valence-electron chi connectivity index (χ3n) is 5.95. The van der Waals surface area contributed by atoms with E-state index in [9.17, 15) is 4.79 Å². The number of rotatable bonds is 4. The number of aryl methyl sites for hydroxylation is 3. The summed E-state index contributed by atoms with van der Waals surface area (Å²) in [6.07, 6.45) is 1.83. The van der Waals surface area contributed by atoms with Gasteiger partial charge in [0.25, 0.3) is 5.91 Å². The average molecular weight is 459 g/mol. The number of aromatic nitrogens is 3. The van der Waals surface area contributed by atoms with Crippen molar-refractivity contribution in [2.45, 2.75) is 20.8 Å². The number of amides is 1. The third-order valence-corrected chi connectivity index (χ3v) is 7.14. The van der Waals surface area contributed by atoms with Crippen molar-refractivity contribution in [1.82, 2.24) is 15.0 Å².